The van der Waals surface area contributed by atoms with E-state index in [1.165, 1.54) is 29.2 Å². The SMILES string of the molecule is CC(C)(C)OC(=O)NC1CCCCCC=CC2CC2(C(=O)NS(=O)(=O)C2CC2)NC(=O)C2CC(OC(=O)c3ccc(C#N)cc3)CN2C1=O. The van der Waals surface area contributed by atoms with Crippen molar-refractivity contribution in [3.05, 3.63) is 47.5 Å². The number of nitriles is 1. The second-order valence-electron chi connectivity index (χ2n) is 14.2. The molecule has 1 aromatic rings. The molecule has 14 nitrogen and oxygen atoms in total. The topological polar surface area (TPSA) is 201 Å². The van der Waals surface area contributed by atoms with Gasteiger partial charge in [-0.1, -0.05) is 25.0 Å². The van der Waals surface area contributed by atoms with Gasteiger partial charge in [0.25, 0.3) is 5.91 Å². The fourth-order valence-corrected chi connectivity index (χ4v) is 7.56. The number of nitrogens with one attached hydrogen (secondary N) is 3. The second-order valence-corrected chi connectivity index (χ2v) is 16.1. The van der Waals surface area contributed by atoms with Gasteiger partial charge >= 0.3 is 12.1 Å². The van der Waals surface area contributed by atoms with Crippen molar-refractivity contribution in [1.29, 1.82) is 5.26 Å². The number of sulfonamides is 1. The summed E-state index contributed by atoms with van der Waals surface area (Å²) in [7, 11) is -3.91. The minimum absolute atomic E-state index is 0.114. The van der Waals surface area contributed by atoms with Crippen LogP contribution in [0.25, 0.3) is 0 Å². The molecule has 2 aliphatic heterocycles. The van der Waals surface area contributed by atoms with Gasteiger partial charge in [0.1, 0.15) is 29.3 Å². The van der Waals surface area contributed by atoms with E-state index in [0.717, 1.165) is 12.8 Å². The first kappa shape index (κ1) is 35.8. The molecule has 49 heavy (non-hydrogen) atoms. The van der Waals surface area contributed by atoms with Crippen molar-refractivity contribution in [2.45, 2.75) is 113 Å². The predicted octanol–water partition coefficient (Wildman–Crippen LogP) is 2.58. The van der Waals surface area contributed by atoms with E-state index in [9.17, 15) is 32.4 Å². The van der Waals surface area contributed by atoms with Crippen LogP contribution in [-0.2, 0) is 33.9 Å². The monoisotopic (exact) mass is 697 g/mol. The fourth-order valence-electron chi connectivity index (χ4n) is 6.20. The minimum atomic E-state index is -3.91. The highest BCUT2D eigenvalue weighted by molar-refractivity contribution is 7.91. The molecular formula is C34H43N5O9S. The summed E-state index contributed by atoms with van der Waals surface area (Å²) in [5.41, 5.74) is -1.85. The van der Waals surface area contributed by atoms with Crippen LogP contribution in [0.1, 0.15) is 94.5 Å². The zero-order valence-electron chi connectivity index (χ0n) is 27.9. The molecule has 5 rings (SSSR count). The van der Waals surface area contributed by atoms with E-state index >= 15 is 0 Å². The van der Waals surface area contributed by atoms with Crippen LogP contribution in [0, 0.1) is 17.2 Å². The maximum Gasteiger partial charge on any atom is 0.408 e. The highest BCUT2D eigenvalue weighted by Crippen LogP contribution is 2.46. The standard InChI is InChI=1S/C34H43N5O9S/c1-33(2,3)48-32(44)36-26-10-8-6-4-5-7-9-23-18-34(23,31(43)38-49(45,46)25-15-16-25)37-28(40)27-17-24(20-39(27)29(26)41)47-30(42)22-13-11-21(19-35)12-14-22/h7,9,11-14,23-27H,4-6,8,10,15-18,20H2,1-3H3,(H,36,44)(H,37,40)(H,38,43). The average Bonchev–Trinajstić information content (AvgIpc) is 3.95. The van der Waals surface area contributed by atoms with Crippen molar-refractivity contribution in [2.24, 2.45) is 5.92 Å². The molecule has 15 heteroatoms. The van der Waals surface area contributed by atoms with Crippen LogP contribution in [0.3, 0.4) is 0 Å². The van der Waals surface area contributed by atoms with Crippen LogP contribution in [0.15, 0.2) is 36.4 Å². The zero-order chi connectivity index (χ0) is 35.6. The van der Waals surface area contributed by atoms with Crippen LogP contribution < -0.4 is 15.4 Å². The van der Waals surface area contributed by atoms with Gasteiger partial charge in [-0.05, 0) is 83.6 Å². The van der Waals surface area contributed by atoms with Crippen LogP contribution in [0.5, 0.6) is 0 Å². The fraction of sp³-hybridized carbons (Fsp3) is 0.588. The van der Waals surface area contributed by atoms with Gasteiger partial charge in [0.2, 0.25) is 21.8 Å². The van der Waals surface area contributed by atoms with E-state index in [1.807, 2.05) is 18.2 Å². The maximum atomic E-state index is 14.2. The van der Waals surface area contributed by atoms with E-state index in [0.29, 0.717) is 31.2 Å². The highest BCUT2D eigenvalue weighted by Gasteiger charge is 2.62. The maximum absolute atomic E-state index is 14.2. The molecule has 0 aromatic heterocycles. The van der Waals surface area contributed by atoms with Crippen molar-refractivity contribution in [2.75, 3.05) is 6.54 Å². The van der Waals surface area contributed by atoms with E-state index in [4.69, 9.17) is 14.7 Å². The number of amides is 4. The summed E-state index contributed by atoms with van der Waals surface area (Å²) in [6.45, 7) is 4.90. The van der Waals surface area contributed by atoms with Crippen LogP contribution in [0.4, 0.5) is 4.79 Å². The number of esters is 1. The van der Waals surface area contributed by atoms with Gasteiger partial charge < -0.3 is 25.0 Å². The number of hydrogen-bond donors (Lipinski definition) is 3. The molecule has 5 atom stereocenters. The summed E-state index contributed by atoms with van der Waals surface area (Å²) in [6, 6.07) is 5.51. The lowest BCUT2D eigenvalue weighted by Crippen LogP contribution is -2.58. The number of benzene rings is 1. The quantitative estimate of drug-likeness (QED) is 0.293. The van der Waals surface area contributed by atoms with Crippen molar-refractivity contribution < 1.29 is 41.9 Å². The molecule has 0 spiro atoms. The Balaban J connectivity index is 1.42. The number of allylic oxidation sites excluding steroid dienone is 1. The van der Waals surface area contributed by atoms with Crippen molar-refractivity contribution in [3.8, 4) is 6.07 Å². The number of fused-ring (bicyclic) bond motifs is 2. The molecule has 2 aliphatic carbocycles. The average molecular weight is 698 g/mol. The van der Waals surface area contributed by atoms with Crippen LogP contribution in [0.2, 0.25) is 0 Å². The van der Waals surface area contributed by atoms with Gasteiger partial charge in [-0.3, -0.25) is 19.1 Å². The summed E-state index contributed by atoms with van der Waals surface area (Å²) in [6.07, 6.45) is 5.94. The normalized spacial score (nSPS) is 27.6. The summed E-state index contributed by atoms with van der Waals surface area (Å²) in [5.74, 6) is -3.32. The Morgan fingerprint density at radius 1 is 1.06 bits per heavy atom. The van der Waals surface area contributed by atoms with E-state index in [2.05, 4.69) is 15.4 Å². The number of nitrogens with zero attached hydrogens (tertiary/aromatic N) is 2. The molecule has 1 aromatic carbocycles. The molecule has 264 valence electrons. The van der Waals surface area contributed by atoms with Crippen LogP contribution >= 0.6 is 0 Å². The Morgan fingerprint density at radius 3 is 2.43 bits per heavy atom. The highest BCUT2D eigenvalue weighted by atomic mass is 32.2. The number of carbonyl (C=O) groups excluding carboxylic acids is 5. The molecule has 2 saturated carbocycles. The number of carbonyl (C=O) groups is 5. The Kier molecular flexibility index (Phi) is 10.4. The lowest BCUT2D eigenvalue weighted by molar-refractivity contribution is -0.141. The number of ether oxygens (including phenoxy) is 2. The summed E-state index contributed by atoms with van der Waals surface area (Å²) >= 11 is 0. The van der Waals surface area contributed by atoms with Gasteiger partial charge in [-0.2, -0.15) is 5.26 Å². The molecule has 0 radical (unpaired) electrons. The van der Waals surface area contributed by atoms with Gasteiger partial charge in [0.15, 0.2) is 0 Å². The first-order chi connectivity index (χ1) is 23.1. The van der Waals surface area contributed by atoms with Gasteiger partial charge in [-0.25, -0.2) is 18.0 Å². The Morgan fingerprint density at radius 2 is 1.78 bits per heavy atom. The van der Waals surface area contributed by atoms with Gasteiger partial charge in [0.05, 0.1) is 29.0 Å². The van der Waals surface area contributed by atoms with E-state index in [-0.39, 0.29) is 31.4 Å². The lowest BCUT2D eigenvalue weighted by atomic mass is 10.0. The summed E-state index contributed by atoms with van der Waals surface area (Å²) in [4.78, 5) is 68.9. The third-order valence-corrected chi connectivity index (χ3v) is 10.9. The van der Waals surface area contributed by atoms with Gasteiger partial charge in [-0.15, -0.1) is 0 Å². The number of rotatable bonds is 6. The third kappa shape index (κ3) is 8.78. The summed E-state index contributed by atoms with van der Waals surface area (Å²) < 4.78 is 38.7. The molecule has 3 N–H and O–H groups in total. The van der Waals surface area contributed by atoms with E-state index < -0.39 is 80.3 Å². The lowest BCUT2D eigenvalue weighted by Gasteiger charge is -2.30. The minimum Gasteiger partial charge on any atom is -0.457 e. The van der Waals surface area contributed by atoms with Crippen molar-refractivity contribution >= 4 is 39.8 Å². The Hall–Kier alpha value is -4.45. The molecule has 3 fully saturated rings. The zero-order valence-corrected chi connectivity index (χ0v) is 28.7. The van der Waals surface area contributed by atoms with Crippen LogP contribution in [-0.4, -0.2) is 84.2 Å². The molecular weight excluding hydrogens is 654 g/mol. The van der Waals surface area contributed by atoms with Crippen molar-refractivity contribution in [1.82, 2.24) is 20.3 Å². The number of alkyl carbamates (subject to hydrolysis) is 1. The second kappa shape index (κ2) is 14.2. The predicted molar refractivity (Wildman–Crippen MR) is 175 cm³/mol. The third-order valence-electron chi connectivity index (χ3n) is 9.06. The molecule has 5 unspecified atom stereocenters. The smallest absolute Gasteiger partial charge is 0.408 e. The largest absolute Gasteiger partial charge is 0.457 e. The molecule has 1 saturated heterocycles. The first-order valence-corrected chi connectivity index (χ1v) is 18.2. The summed E-state index contributed by atoms with van der Waals surface area (Å²) in [5, 5.41) is 13.9. The molecule has 4 amide bonds. The van der Waals surface area contributed by atoms with E-state index in [1.54, 1.807) is 20.8 Å². The van der Waals surface area contributed by atoms with Gasteiger partial charge in [0, 0.05) is 12.3 Å². The first-order valence-electron chi connectivity index (χ1n) is 16.7. The Bertz CT molecular complexity index is 1660. The molecule has 4 aliphatic rings. The molecule has 0 bridgehead atoms. The molecule has 2 heterocycles. The Labute approximate surface area is 286 Å². The van der Waals surface area contributed by atoms with Crippen molar-refractivity contribution in [3.63, 3.8) is 0 Å². The number of hydrogen-bond acceptors (Lipinski definition) is 10.